The molecular weight excluding hydrogens is 222 g/mol. The van der Waals surface area contributed by atoms with Crippen LogP contribution in [0.5, 0.6) is 0 Å². The minimum atomic E-state index is -2.98. The molecule has 0 unspecified atom stereocenters. The zero-order valence-corrected chi connectivity index (χ0v) is 10.4. The summed E-state index contributed by atoms with van der Waals surface area (Å²) in [6.45, 7) is 0.771. The van der Waals surface area contributed by atoms with Gasteiger partial charge in [0.15, 0.2) is 9.84 Å². The highest BCUT2D eigenvalue weighted by molar-refractivity contribution is 7.89. The van der Waals surface area contributed by atoms with Crippen molar-refractivity contribution in [3.05, 3.63) is 41.5 Å². The third-order valence-electron chi connectivity index (χ3n) is 2.09. The SMILES string of the molecule is CNCC=Cc1ccccc1CS(C)(=O)=O. The van der Waals surface area contributed by atoms with E-state index in [4.69, 9.17) is 0 Å². The van der Waals surface area contributed by atoms with Crippen LogP contribution in [0.25, 0.3) is 6.08 Å². The summed E-state index contributed by atoms with van der Waals surface area (Å²) in [5.74, 6) is 0.0903. The number of likely N-dealkylation sites (N-methyl/N-ethyl adjacent to an activating group) is 1. The summed E-state index contributed by atoms with van der Waals surface area (Å²) in [6.07, 6.45) is 5.17. The third kappa shape index (κ3) is 4.59. The Morgan fingerprint density at radius 3 is 2.62 bits per heavy atom. The molecule has 0 fully saturated rings. The zero-order chi connectivity index (χ0) is 12.0. The van der Waals surface area contributed by atoms with E-state index in [0.717, 1.165) is 17.7 Å². The average molecular weight is 239 g/mol. The van der Waals surface area contributed by atoms with Gasteiger partial charge in [0, 0.05) is 12.8 Å². The number of nitrogens with one attached hydrogen (secondary N) is 1. The van der Waals surface area contributed by atoms with E-state index in [1.807, 2.05) is 43.5 Å². The number of hydrogen-bond acceptors (Lipinski definition) is 3. The monoisotopic (exact) mass is 239 g/mol. The lowest BCUT2D eigenvalue weighted by molar-refractivity contribution is 0.601. The van der Waals surface area contributed by atoms with Gasteiger partial charge >= 0.3 is 0 Å². The summed E-state index contributed by atoms with van der Waals surface area (Å²) >= 11 is 0. The standard InChI is InChI=1S/C12H17NO2S/c1-13-9-5-8-11-6-3-4-7-12(11)10-16(2,14)15/h3-8,13H,9-10H2,1-2H3. The second kappa shape index (κ2) is 5.82. The van der Waals surface area contributed by atoms with E-state index in [1.54, 1.807) is 0 Å². The Bertz CT molecular complexity index is 464. The van der Waals surface area contributed by atoms with Gasteiger partial charge in [-0.15, -0.1) is 0 Å². The van der Waals surface area contributed by atoms with Gasteiger partial charge in [-0.2, -0.15) is 0 Å². The fourth-order valence-electron chi connectivity index (χ4n) is 1.41. The van der Waals surface area contributed by atoms with Gasteiger partial charge in [0.2, 0.25) is 0 Å². The molecular formula is C12H17NO2S. The molecule has 1 aromatic rings. The van der Waals surface area contributed by atoms with Gasteiger partial charge in [-0.1, -0.05) is 36.4 Å². The summed E-state index contributed by atoms with van der Waals surface area (Å²) < 4.78 is 22.5. The lowest BCUT2D eigenvalue weighted by atomic mass is 10.1. The predicted molar refractivity (Wildman–Crippen MR) is 68.0 cm³/mol. The van der Waals surface area contributed by atoms with E-state index < -0.39 is 9.84 Å². The van der Waals surface area contributed by atoms with Gasteiger partial charge in [-0.3, -0.25) is 0 Å². The predicted octanol–water partition coefficient (Wildman–Crippen LogP) is 1.46. The van der Waals surface area contributed by atoms with E-state index in [9.17, 15) is 8.42 Å². The summed E-state index contributed by atoms with van der Waals surface area (Å²) in [4.78, 5) is 0. The van der Waals surface area contributed by atoms with Crippen LogP contribution >= 0.6 is 0 Å². The number of sulfone groups is 1. The Balaban J connectivity index is 2.92. The molecule has 1 aromatic carbocycles. The Hall–Kier alpha value is -1.13. The molecule has 1 rings (SSSR count). The lowest BCUT2D eigenvalue weighted by Gasteiger charge is -2.04. The first kappa shape index (κ1) is 12.9. The van der Waals surface area contributed by atoms with Gasteiger partial charge in [-0.05, 0) is 18.2 Å². The molecule has 0 aliphatic carbocycles. The Labute approximate surface area is 97.1 Å². The molecule has 0 saturated carbocycles. The quantitative estimate of drug-likeness (QED) is 0.846. The molecule has 0 bridgehead atoms. The first-order chi connectivity index (χ1) is 7.53. The van der Waals surface area contributed by atoms with Crippen LogP contribution in [0.4, 0.5) is 0 Å². The van der Waals surface area contributed by atoms with Crippen LogP contribution in [0.3, 0.4) is 0 Å². The van der Waals surface area contributed by atoms with Gasteiger partial charge in [0.1, 0.15) is 0 Å². The Morgan fingerprint density at radius 2 is 2.00 bits per heavy atom. The molecule has 0 aromatic heterocycles. The van der Waals surface area contributed by atoms with E-state index in [0.29, 0.717) is 0 Å². The maximum absolute atomic E-state index is 11.2. The Kier molecular flexibility index (Phi) is 4.71. The van der Waals surface area contributed by atoms with Gasteiger partial charge in [0.25, 0.3) is 0 Å². The van der Waals surface area contributed by atoms with Crippen molar-refractivity contribution in [2.24, 2.45) is 0 Å². The van der Waals surface area contributed by atoms with Crippen LogP contribution in [-0.4, -0.2) is 28.3 Å². The summed E-state index contributed by atoms with van der Waals surface area (Å²) in [7, 11) is -1.11. The van der Waals surface area contributed by atoms with Gasteiger partial charge < -0.3 is 5.32 Å². The summed E-state index contributed by atoms with van der Waals surface area (Å²) in [5, 5.41) is 3.00. The molecule has 0 saturated heterocycles. The Morgan fingerprint density at radius 1 is 1.31 bits per heavy atom. The summed E-state index contributed by atoms with van der Waals surface area (Å²) in [6, 6.07) is 7.54. The number of hydrogen-bond donors (Lipinski definition) is 1. The van der Waals surface area contributed by atoms with Crippen molar-refractivity contribution in [3.63, 3.8) is 0 Å². The molecule has 4 heteroatoms. The normalized spacial score (nSPS) is 12.1. The lowest BCUT2D eigenvalue weighted by Crippen LogP contribution is -2.04. The summed E-state index contributed by atoms with van der Waals surface area (Å²) in [5.41, 5.74) is 1.81. The second-order valence-corrected chi connectivity index (χ2v) is 5.87. The molecule has 1 N–H and O–H groups in total. The highest BCUT2D eigenvalue weighted by atomic mass is 32.2. The van der Waals surface area contributed by atoms with Crippen molar-refractivity contribution in [1.82, 2.24) is 5.32 Å². The fourth-order valence-corrected chi connectivity index (χ4v) is 2.24. The molecule has 0 radical (unpaired) electrons. The van der Waals surface area contributed by atoms with Crippen molar-refractivity contribution in [2.75, 3.05) is 19.8 Å². The molecule has 0 heterocycles. The van der Waals surface area contributed by atoms with Crippen molar-refractivity contribution >= 4 is 15.9 Å². The highest BCUT2D eigenvalue weighted by Gasteiger charge is 2.06. The maximum Gasteiger partial charge on any atom is 0.151 e. The molecule has 0 aliphatic rings. The van der Waals surface area contributed by atoms with Crippen LogP contribution in [-0.2, 0) is 15.6 Å². The van der Waals surface area contributed by atoms with Gasteiger partial charge in [0.05, 0.1) is 5.75 Å². The molecule has 0 atom stereocenters. The first-order valence-electron chi connectivity index (χ1n) is 5.09. The second-order valence-electron chi connectivity index (χ2n) is 3.73. The van der Waals surface area contributed by atoms with E-state index in [-0.39, 0.29) is 5.75 Å². The highest BCUT2D eigenvalue weighted by Crippen LogP contribution is 2.13. The van der Waals surface area contributed by atoms with E-state index in [2.05, 4.69) is 5.32 Å². The third-order valence-corrected chi connectivity index (χ3v) is 2.93. The van der Waals surface area contributed by atoms with E-state index >= 15 is 0 Å². The zero-order valence-electron chi connectivity index (χ0n) is 9.60. The van der Waals surface area contributed by atoms with Crippen LogP contribution < -0.4 is 5.32 Å². The largest absolute Gasteiger partial charge is 0.316 e. The topological polar surface area (TPSA) is 46.2 Å². The molecule has 0 aliphatic heterocycles. The van der Waals surface area contributed by atoms with Crippen molar-refractivity contribution in [2.45, 2.75) is 5.75 Å². The average Bonchev–Trinajstić information content (AvgIpc) is 2.19. The van der Waals surface area contributed by atoms with Crippen molar-refractivity contribution in [3.8, 4) is 0 Å². The fraction of sp³-hybridized carbons (Fsp3) is 0.333. The smallest absolute Gasteiger partial charge is 0.151 e. The molecule has 0 spiro atoms. The van der Waals surface area contributed by atoms with Crippen LogP contribution in [0.2, 0.25) is 0 Å². The molecule has 0 amide bonds. The van der Waals surface area contributed by atoms with Gasteiger partial charge in [-0.25, -0.2) is 8.42 Å². The van der Waals surface area contributed by atoms with Crippen LogP contribution in [0.15, 0.2) is 30.3 Å². The van der Waals surface area contributed by atoms with Crippen LogP contribution in [0, 0.1) is 0 Å². The molecule has 88 valence electrons. The minimum Gasteiger partial charge on any atom is -0.316 e. The first-order valence-corrected chi connectivity index (χ1v) is 7.16. The minimum absolute atomic E-state index is 0.0903. The van der Waals surface area contributed by atoms with Crippen LogP contribution in [0.1, 0.15) is 11.1 Å². The van der Waals surface area contributed by atoms with Crippen molar-refractivity contribution < 1.29 is 8.42 Å². The maximum atomic E-state index is 11.2. The number of benzene rings is 1. The van der Waals surface area contributed by atoms with Crippen molar-refractivity contribution in [1.29, 1.82) is 0 Å². The molecule has 16 heavy (non-hydrogen) atoms. The molecule has 3 nitrogen and oxygen atoms in total. The number of rotatable bonds is 5. The van der Waals surface area contributed by atoms with E-state index in [1.165, 1.54) is 6.26 Å².